The number of nitrogens with zero attached hydrogens (tertiary/aromatic N) is 2. The number of hydrogen-bond acceptors (Lipinski definition) is 1. The fraction of sp³-hybridized carbons (Fsp3) is 0.455. The van der Waals surface area contributed by atoms with Crippen LogP contribution in [-0.2, 0) is 0 Å². The summed E-state index contributed by atoms with van der Waals surface area (Å²) in [7, 11) is 0. The van der Waals surface area contributed by atoms with Gasteiger partial charge in [0.05, 0.1) is 0 Å². The lowest BCUT2D eigenvalue weighted by Gasteiger charge is -2.28. The summed E-state index contributed by atoms with van der Waals surface area (Å²) in [6, 6.07) is 8.73. The number of hydrogen-bond donors (Lipinski definition) is 0. The smallest absolute Gasteiger partial charge is 0.0367 e. The second kappa shape index (κ2) is 3.79. The summed E-state index contributed by atoms with van der Waals surface area (Å²) in [6.07, 6.45) is 0. The highest BCUT2D eigenvalue weighted by Crippen LogP contribution is 2.15. The zero-order valence-corrected chi connectivity index (χ0v) is 8.03. The summed E-state index contributed by atoms with van der Waals surface area (Å²) in [5.74, 6) is 0. The molecule has 0 bridgehead atoms. The standard InChI is InChI=1S/C11H15N2/c1-10-2-4-11(5-3-10)13-8-6-12-7-9-13/h2-5H,6-9H2,1H3. The van der Waals surface area contributed by atoms with Crippen LogP contribution in [0.25, 0.3) is 0 Å². The summed E-state index contributed by atoms with van der Waals surface area (Å²) in [5, 5.41) is 4.33. The molecule has 0 aliphatic carbocycles. The van der Waals surface area contributed by atoms with Gasteiger partial charge in [0.25, 0.3) is 0 Å². The predicted molar refractivity (Wildman–Crippen MR) is 55.3 cm³/mol. The molecule has 1 aromatic carbocycles. The zero-order valence-electron chi connectivity index (χ0n) is 8.03. The maximum Gasteiger partial charge on any atom is 0.0367 e. The Morgan fingerprint density at radius 1 is 1.08 bits per heavy atom. The van der Waals surface area contributed by atoms with Crippen LogP contribution in [0.15, 0.2) is 24.3 Å². The quantitative estimate of drug-likeness (QED) is 0.631. The molecule has 0 spiro atoms. The minimum atomic E-state index is 0.980. The summed E-state index contributed by atoms with van der Waals surface area (Å²) in [6.45, 7) is 6.23. The van der Waals surface area contributed by atoms with E-state index in [1.807, 2.05) is 0 Å². The van der Waals surface area contributed by atoms with E-state index in [-0.39, 0.29) is 0 Å². The van der Waals surface area contributed by atoms with Crippen molar-refractivity contribution in [2.45, 2.75) is 6.92 Å². The van der Waals surface area contributed by atoms with Gasteiger partial charge in [0, 0.05) is 31.9 Å². The Morgan fingerprint density at radius 3 is 2.31 bits per heavy atom. The fourth-order valence-electron chi connectivity index (χ4n) is 1.62. The van der Waals surface area contributed by atoms with Crippen LogP contribution >= 0.6 is 0 Å². The molecular formula is C11H15N2. The van der Waals surface area contributed by atoms with Crippen molar-refractivity contribution in [2.75, 3.05) is 31.1 Å². The van der Waals surface area contributed by atoms with Gasteiger partial charge in [-0.3, -0.25) is 0 Å². The Labute approximate surface area is 79.6 Å². The highest BCUT2D eigenvalue weighted by molar-refractivity contribution is 5.47. The molecule has 0 atom stereocenters. The van der Waals surface area contributed by atoms with Crippen LogP contribution in [-0.4, -0.2) is 26.2 Å². The van der Waals surface area contributed by atoms with E-state index >= 15 is 0 Å². The molecule has 0 aromatic heterocycles. The normalized spacial score (nSPS) is 17.5. The van der Waals surface area contributed by atoms with Crippen molar-refractivity contribution in [3.05, 3.63) is 29.8 Å². The van der Waals surface area contributed by atoms with Gasteiger partial charge in [0.15, 0.2) is 0 Å². The van der Waals surface area contributed by atoms with Gasteiger partial charge in [0.1, 0.15) is 0 Å². The number of anilines is 1. The van der Waals surface area contributed by atoms with Crippen LogP contribution < -0.4 is 10.2 Å². The molecule has 13 heavy (non-hydrogen) atoms. The Morgan fingerprint density at radius 2 is 1.69 bits per heavy atom. The van der Waals surface area contributed by atoms with Crippen LogP contribution in [0.3, 0.4) is 0 Å². The van der Waals surface area contributed by atoms with Crippen LogP contribution in [0.4, 0.5) is 5.69 Å². The molecule has 1 aromatic rings. The largest absolute Gasteiger partial charge is 0.369 e. The van der Waals surface area contributed by atoms with Crippen molar-refractivity contribution < 1.29 is 0 Å². The van der Waals surface area contributed by atoms with E-state index < -0.39 is 0 Å². The molecule has 0 saturated carbocycles. The van der Waals surface area contributed by atoms with Crippen LogP contribution in [0.2, 0.25) is 0 Å². The first-order valence-corrected chi connectivity index (χ1v) is 4.81. The third-order valence-electron chi connectivity index (χ3n) is 2.46. The molecule has 0 unspecified atom stereocenters. The second-order valence-electron chi connectivity index (χ2n) is 3.49. The number of benzene rings is 1. The molecule has 2 heteroatoms. The van der Waals surface area contributed by atoms with E-state index in [1.165, 1.54) is 11.3 Å². The monoisotopic (exact) mass is 175 g/mol. The maximum absolute atomic E-state index is 4.33. The van der Waals surface area contributed by atoms with Crippen molar-refractivity contribution in [1.29, 1.82) is 0 Å². The van der Waals surface area contributed by atoms with Crippen LogP contribution in [0, 0.1) is 6.92 Å². The summed E-state index contributed by atoms with van der Waals surface area (Å²) >= 11 is 0. The van der Waals surface area contributed by atoms with Gasteiger partial charge in [-0.25, -0.2) is 5.32 Å². The van der Waals surface area contributed by atoms with Gasteiger partial charge in [-0.15, -0.1) is 0 Å². The topological polar surface area (TPSA) is 17.3 Å². The minimum Gasteiger partial charge on any atom is -0.369 e. The van der Waals surface area contributed by atoms with E-state index in [9.17, 15) is 0 Å². The first kappa shape index (κ1) is 8.57. The first-order chi connectivity index (χ1) is 6.36. The van der Waals surface area contributed by atoms with Gasteiger partial charge in [-0.05, 0) is 19.1 Å². The molecule has 1 radical (unpaired) electrons. The summed E-state index contributed by atoms with van der Waals surface area (Å²) in [5.41, 5.74) is 2.66. The molecule has 0 N–H and O–H groups in total. The van der Waals surface area contributed by atoms with E-state index in [0.29, 0.717) is 0 Å². The minimum absolute atomic E-state index is 0.980. The van der Waals surface area contributed by atoms with Gasteiger partial charge < -0.3 is 4.90 Å². The van der Waals surface area contributed by atoms with E-state index in [0.717, 1.165) is 26.2 Å². The number of piperazine rings is 1. The van der Waals surface area contributed by atoms with Crippen LogP contribution in [0.1, 0.15) is 5.56 Å². The number of aryl methyl sites for hydroxylation is 1. The van der Waals surface area contributed by atoms with E-state index in [2.05, 4.69) is 41.4 Å². The highest BCUT2D eigenvalue weighted by Gasteiger charge is 2.09. The van der Waals surface area contributed by atoms with Gasteiger partial charge >= 0.3 is 0 Å². The Balaban J connectivity index is 2.10. The average Bonchev–Trinajstić information content (AvgIpc) is 2.20. The molecule has 1 heterocycles. The molecule has 2 rings (SSSR count). The van der Waals surface area contributed by atoms with Crippen molar-refractivity contribution in [1.82, 2.24) is 5.32 Å². The highest BCUT2D eigenvalue weighted by atomic mass is 15.2. The molecule has 2 nitrogen and oxygen atoms in total. The lowest BCUT2D eigenvalue weighted by molar-refractivity contribution is 0.579. The van der Waals surface area contributed by atoms with Crippen molar-refractivity contribution >= 4 is 5.69 Å². The SMILES string of the molecule is Cc1ccc(N2CC[N]CC2)cc1. The van der Waals surface area contributed by atoms with Crippen molar-refractivity contribution in [3.63, 3.8) is 0 Å². The zero-order chi connectivity index (χ0) is 9.10. The molecule has 0 amide bonds. The maximum atomic E-state index is 4.33. The molecular weight excluding hydrogens is 160 g/mol. The third kappa shape index (κ3) is 2.01. The Kier molecular flexibility index (Phi) is 2.50. The van der Waals surface area contributed by atoms with Gasteiger partial charge in [-0.2, -0.15) is 0 Å². The fourth-order valence-corrected chi connectivity index (χ4v) is 1.62. The van der Waals surface area contributed by atoms with Crippen molar-refractivity contribution in [2.24, 2.45) is 0 Å². The first-order valence-electron chi connectivity index (χ1n) is 4.81. The van der Waals surface area contributed by atoms with E-state index in [4.69, 9.17) is 0 Å². The summed E-state index contributed by atoms with van der Waals surface area (Å²) < 4.78 is 0. The third-order valence-corrected chi connectivity index (χ3v) is 2.46. The van der Waals surface area contributed by atoms with Crippen molar-refractivity contribution in [3.8, 4) is 0 Å². The predicted octanol–water partition coefficient (Wildman–Crippen LogP) is 1.42. The molecule has 69 valence electrons. The van der Waals surface area contributed by atoms with Gasteiger partial charge in [0.2, 0.25) is 0 Å². The number of rotatable bonds is 1. The molecule has 1 fully saturated rings. The second-order valence-corrected chi connectivity index (χ2v) is 3.49. The van der Waals surface area contributed by atoms with E-state index in [1.54, 1.807) is 0 Å². The van der Waals surface area contributed by atoms with Gasteiger partial charge in [-0.1, -0.05) is 17.7 Å². The average molecular weight is 175 g/mol. The molecule has 1 aliphatic rings. The molecule has 1 saturated heterocycles. The Bertz CT molecular complexity index is 260. The Hall–Kier alpha value is -1.02. The molecule has 1 aliphatic heterocycles. The lowest BCUT2D eigenvalue weighted by Crippen LogP contribution is -2.40. The lowest BCUT2D eigenvalue weighted by atomic mass is 10.2. The van der Waals surface area contributed by atoms with Crippen LogP contribution in [0.5, 0.6) is 0 Å². The summed E-state index contributed by atoms with van der Waals surface area (Å²) in [4.78, 5) is 2.40.